The Balaban J connectivity index is 1.81. The molecule has 4 bridgehead atoms. The van der Waals surface area contributed by atoms with Gasteiger partial charge in [0, 0.05) is 6.42 Å². The van der Waals surface area contributed by atoms with E-state index in [1.54, 1.807) is 6.08 Å². The van der Waals surface area contributed by atoms with Crippen LogP contribution in [0.5, 0.6) is 0 Å². The van der Waals surface area contributed by atoms with Gasteiger partial charge in [-0.2, -0.15) is 0 Å². The number of rotatable bonds is 3. The number of hydrogen-bond acceptors (Lipinski definition) is 3. The lowest BCUT2D eigenvalue weighted by atomic mass is 9.52. The Morgan fingerprint density at radius 1 is 1.29 bits per heavy atom. The molecule has 2 unspecified atom stereocenters. The van der Waals surface area contributed by atoms with Crippen molar-refractivity contribution in [3.05, 3.63) is 11.8 Å². The molecule has 96 valence electrons. The minimum atomic E-state index is -0.469. The molecular weight excluding hydrogens is 216 g/mol. The first-order valence-electron chi connectivity index (χ1n) is 6.72. The molecule has 4 saturated carbocycles. The topological polar surface area (TPSA) is 49.7 Å². The van der Waals surface area contributed by atoms with Crippen molar-refractivity contribution < 1.29 is 14.9 Å². The molecule has 0 aromatic carbocycles. The van der Waals surface area contributed by atoms with E-state index in [4.69, 9.17) is 9.84 Å². The van der Waals surface area contributed by atoms with Gasteiger partial charge in [-0.25, -0.2) is 0 Å². The SMILES string of the molecule is CC(=CCO)OC12CC3CC(CC(O)(C3)C1)C2. The van der Waals surface area contributed by atoms with E-state index < -0.39 is 5.60 Å². The van der Waals surface area contributed by atoms with Gasteiger partial charge in [0.2, 0.25) is 0 Å². The standard InChI is InChI=1S/C14H22O3/c1-10(2-3-15)17-14-7-11-4-12(8-14)6-13(16,5-11)9-14/h2,11-12,15-16H,3-9H2,1H3. The molecule has 0 heterocycles. The number of ether oxygens (including phenoxy) is 1. The molecule has 2 atom stereocenters. The summed E-state index contributed by atoms with van der Waals surface area (Å²) >= 11 is 0. The largest absolute Gasteiger partial charge is 0.492 e. The minimum Gasteiger partial charge on any atom is -0.492 e. The summed E-state index contributed by atoms with van der Waals surface area (Å²) in [7, 11) is 0. The van der Waals surface area contributed by atoms with Gasteiger partial charge in [-0.3, -0.25) is 0 Å². The van der Waals surface area contributed by atoms with E-state index in [1.807, 2.05) is 6.92 Å². The molecule has 0 saturated heterocycles. The predicted molar refractivity (Wildman–Crippen MR) is 64.3 cm³/mol. The first-order valence-corrected chi connectivity index (χ1v) is 6.72. The maximum atomic E-state index is 10.6. The highest BCUT2D eigenvalue weighted by molar-refractivity contribution is 5.11. The first-order chi connectivity index (χ1) is 8.03. The van der Waals surface area contributed by atoms with Crippen molar-refractivity contribution in [2.75, 3.05) is 6.61 Å². The van der Waals surface area contributed by atoms with Gasteiger partial charge >= 0.3 is 0 Å². The van der Waals surface area contributed by atoms with Gasteiger partial charge in [-0.05, 0) is 56.9 Å². The van der Waals surface area contributed by atoms with Crippen molar-refractivity contribution in [3.63, 3.8) is 0 Å². The number of allylic oxidation sites excluding steroid dienone is 1. The van der Waals surface area contributed by atoms with Crippen molar-refractivity contribution in [1.82, 2.24) is 0 Å². The number of aliphatic hydroxyl groups excluding tert-OH is 1. The van der Waals surface area contributed by atoms with Gasteiger partial charge in [0.1, 0.15) is 5.60 Å². The minimum absolute atomic E-state index is 0.0268. The average Bonchev–Trinajstić information content (AvgIpc) is 2.11. The summed E-state index contributed by atoms with van der Waals surface area (Å²) in [6, 6.07) is 0. The lowest BCUT2D eigenvalue weighted by molar-refractivity contribution is -0.206. The zero-order chi connectivity index (χ0) is 12.1. The predicted octanol–water partition coefficient (Wildman–Crippen LogP) is 1.98. The highest BCUT2D eigenvalue weighted by Crippen LogP contribution is 2.59. The van der Waals surface area contributed by atoms with Crippen molar-refractivity contribution >= 4 is 0 Å². The van der Waals surface area contributed by atoms with E-state index in [0.717, 1.165) is 37.9 Å². The molecule has 3 heteroatoms. The lowest BCUT2D eigenvalue weighted by Gasteiger charge is -2.59. The van der Waals surface area contributed by atoms with Gasteiger partial charge in [0.25, 0.3) is 0 Å². The molecule has 3 nitrogen and oxygen atoms in total. The third kappa shape index (κ3) is 2.00. The van der Waals surface area contributed by atoms with Crippen molar-refractivity contribution in [2.24, 2.45) is 11.8 Å². The highest BCUT2D eigenvalue weighted by Gasteiger charge is 2.58. The van der Waals surface area contributed by atoms with Crippen LogP contribution in [0.25, 0.3) is 0 Å². The Morgan fingerprint density at radius 2 is 1.94 bits per heavy atom. The fraction of sp³-hybridized carbons (Fsp3) is 0.857. The number of hydrogen-bond donors (Lipinski definition) is 2. The van der Waals surface area contributed by atoms with Crippen LogP contribution in [-0.4, -0.2) is 28.0 Å². The summed E-state index contributed by atoms with van der Waals surface area (Å²) in [6.07, 6.45) is 7.88. The van der Waals surface area contributed by atoms with Gasteiger partial charge in [0.15, 0.2) is 0 Å². The summed E-state index contributed by atoms with van der Waals surface area (Å²) in [4.78, 5) is 0. The second-order valence-electron chi connectivity index (χ2n) is 6.47. The highest BCUT2D eigenvalue weighted by atomic mass is 16.5. The molecule has 0 spiro atoms. The molecule has 17 heavy (non-hydrogen) atoms. The molecule has 2 N–H and O–H groups in total. The van der Waals surface area contributed by atoms with Gasteiger partial charge in [-0.1, -0.05) is 0 Å². The Kier molecular flexibility index (Phi) is 2.53. The molecule has 4 fully saturated rings. The molecule has 0 amide bonds. The zero-order valence-corrected chi connectivity index (χ0v) is 10.5. The van der Waals surface area contributed by atoms with Crippen LogP contribution >= 0.6 is 0 Å². The summed E-state index contributed by atoms with van der Waals surface area (Å²) in [5.74, 6) is 2.09. The Bertz CT molecular complexity index is 333. The second kappa shape index (κ2) is 3.72. The van der Waals surface area contributed by atoms with Crippen LogP contribution in [0.3, 0.4) is 0 Å². The van der Waals surface area contributed by atoms with Crippen molar-refractivity contribution in [2.45, 2.75) is 56.7 Å². The summed E-state index contributed by atoms with van der Waals surface area (Å²) in [5, 5.41) is 19.5. The summed E-state index contributed by atoms with van der Waals surface area (Å²) in [5.41, 5.74) is -0.613. The van der Waals surface area contributed by atoms with E-state index in [9.17, 15) is 5.11 Å². The quantitative estimate of drug-likeness (QED) is 0.739. The summed E-state index contributed by atoms with van der Waals surface area (Å²) in [6.45, 7) is 1.93. The van der Waals surface area contributed by atoms with Gasteiger partial charge in [0.05, 0.1) is 18.0 Å². The monoisotopic (exact) mass is 238 g/mol. The van der Waals surface area contributed by atoms with Crippen LogP contribution in [-0.2, 0) is 4.74 Å². The maximum absolute atomic E-state index is 10.6. The van der Waals surface area contributed by atoms with Crippen LogP contribution < -0.4 is 0 Å². The molecule has 0 aromatic heterocycles. The normalized spacial score (nSPS) is 48.5. The Labute approximate surface area is 102 Å². The maximum Gasteiger partial charge on any atom is 0.112 e. The lowest BCUT2D eigenvalue weighted by Crippen LogP contribution is -2.59. The van der Waals surface area contributed by atoms with Crippen LogP contribution in [0.4, 0.5) is 0 Å². The molecule has 0 radical (unpaired) electrons. The third-order valence-corrected chi connectivity index (χ3v) is 4.73. The van der Waals surface area contributed by atoms with E-state index in [-0.39, 0.29) is 12.2 Å². The molecular formula is C14H22O3. The van der Waals surface area contributed by atoms with Crippen LogP contribution in [0.1, 0.15) is 45.4 Å². The van der Waals surface area contributed by atoms with Gasteiger partial charge in [-0.15, -0.1) is 0 Å². The van der Waals surface area contributed by atoms with Crippen LogP contribution in [0.2, 0.25) is 0 Å². The zero-order valence-electron chi connectivity index (χ0n) is 10.5. The third-order valence-electron chi connectivity index (χ3n) is 4.73. The average molecular weight is 238 g/mol. The molecule has 0 aliphatic heterocycles. The van der Waals surface area contributed by atoms with E-state index in [2.05, 4.69) is 0 Å². The molecule has 0 aromatic rings. The van der Waals surface area contributed by atoms with Crippen molar-refractivity contribution in [3.8, 4) is 0 Å². The fourth-order valence-corrected chi connectivity index (χ4v) is 4.76. The van der Waals surface area contributed by atoms with E-state index >= 15 is 0 Å². The first kappa shape index (κ1) is 11.5. The molecule has 4 aliphatic rings. The summed E-state index contributed by atoms with van der Waals surface area (Å²) < 4.78 is 6.10. The smallest absolute Gasteiger partial charge is 0.112 e. The number of aliphatic hydroxyl groups is 2. The van der Waals surface area contributed by atoms with E-state index in [0.29, 0.717) is 11.8 Å². The van der Waals surface area contributed by atoms with Crippen LogP contribution in [0, 0.1) is 11.8 Å². The Morgan fingerprint density at radius 3 is 2.47 bits per heavy atom. The van der Waals surface area contributed by atoms with E-state index in [1.165, 1.54) is 6.42 Å². The van der Waals surface area contributed by atoms with Gasteiger partial charge < -0.3 is 14.9 Å². The van der Waals surface area contributed by atoms with Crippen LogP contribution in [0.15, 0.2) is 11.8 Å². The van der Waals surface area contributed by atoms with Crippen molar-refractivity contribution in [1.29, 1.82) is 0 Å². The fourth-order valence-electron chi connectivity index (χ4n) is 4.76. The molecule has 4 rings (SSSR count). The molecule has 4 aliphatic carbocycles. The second-order valence-corrected chi connectivity index (χ2v) is 6.47. The Hall–Kier alpha value is -0.540.